The molecule has 0 fully saturated rings. The summed E-state index contributed by atoms with van der Waals surface area (Å²) in [5.41, 5.74) is 0.373. The van der Waals surface area contributed by atoms with Gasteiger partial charge in [-0.15, -0.1) is 0 Å². The number of nitrogens with one attached hydrogen (secondary N) is 1. The standard InChI is InChI=1S/C12H10Br2FNO2/c1-17-7-2-3-10(15)11(5-7)16-6-8-4-9(13)12(14)18-8/h2-5,16H,6H2,1H3. The number of halogens is 3. The molecule has 0 radical (unpaired) electrons. The van der Waals surface area contributed by atoms with Crippen molar-refractivity contribution in [3.8, 4) is 5.75 Å². The van der Waals surface area contributed by atoms with Crippen molar-refractivity contribution in [3.05, 3.63) is 45.0 Å². The average molecular weight is 379 g/mol. The van der Waals surface area contributed by atoms with Crippen LogP contribution >= 0.6 is 31.9 Å². The SMILES string of the molecule is COc1ccc(F)c(NCc2cc(Br)c(Br)o2)c1. The quantitative estimate of drug-likeness (QED) is 0.846. The van der Waals surface area contributed by atoms with Crippen LogP contribution in [0, 0.1) is 5.82 Å². The summed E-state index contributed by atoms with van der Waals surface area (Å²) < 4.78 is 25.4. The van der Waals surface area contributed by atoms with Gasteiger partial charge in [0.15, 0.2) is 4.67 Å². The van der Waals surface area contributed by atoms with Gasteiger partial charge in [0, 0.05) is 6.07 Å². The van der Waals surface area contributed by atoms with Crippen LogP contribution in [0.1, 0.15) is 5.76 Å². The molecule has 2 rings (SSSR count). The van der Waals surface area contributed by atoms with E-state index in [9.17, 15) is 4.39 Å². The maximum Gasteiger partial charge on any atom is 0.183 e. The van der Waals surface area contributed by atoms with Crippen LogP contribution in [0.15, 0.2) is 37.8 Å². The number of methoxy groups -OCH3 is 1. The second-order valence-electron chi connectivity index (χ2n) is 3.53. The molecule has 96 valence electrons. The predicted molar refractivity (Wildman–Crippen MR) is 74.4 cm³/mol. The molecule has 0 unspecified atom stereocenters. The first-order valence-corrected chi connectivity index (χ1v) is 6.70. The topological polar surface area (TPSA) is 34.4 Å². The lowest BCUT2D eigenvalue weighted by Crippen LogP contribution is -2.00. The van der Waals surface area contributed by atoms with E-state index >= 15 is 0 Å². The van der Waals surface area contributed by atoms with E-state index in [1.165, 1.54) is 13.2 Å². The number of anilines is 1. The third kappa shape index (κ3) is 3.05. The van der Waals surface area contributed by atoms with Crippen molar-refractivity contribution in [2.45, 2.75) is 6.54 Å². The van der Waals surface area contributed by atoms with Crippen molar-refractivity contribution in [3.63, 3.8) is 0 Å². The fourth-order valence-corrected chi connectivity index (χ4v) is 2.09. The van der Waals surface area contributed by atoms with Gasteiger partial charge in [0.2, 0.25) is 0 Å². The molecule has 0 bridgehead atoms. The summed E-state index contributed by atoms with van der Waals surface area (Å²) in [7, 11) is 1.54. The molecule has 0 amide bonds. The molecule has 2 aromatic rings. The lowest BCUT2D eigenvalue weighted by atomic mass is 10.3. The Balaban J connectivity index is 2.10. The van der Waals surface area contributed by atoms with E-state index in [2.05, 4.69) is 37.2 Å². The highest BCUT2D eigenvalue weighted by atomic mass is 79.9. The van der Waals surface area contributed by atoms with E-state index in [0.717, 1.165) is 4.47 Å². The molecule has 0 aliphatic rings. The van der Waals surface area contributed by atoms with Crippen LogP contribution in [0.4, 0.5) is 10.1 Å². The van der Waals surface area contributed by atoms with Gasteiger partial charge in [0.05, 0.1) is 23.8 Å². The Morgan fingerprint density at radius 1 is 1.33 bits per heavy atom. The van der Waals surface area contributed by atoms with E-state index in [0.29, 0.717) is 28.4 Å². The molecule has 6 heteroatoms. The Morgan fingerprint density at radius 3 is 2.72 bits per heavy atom. The van der Waals surface area contributed by atoms with Crippen LogP contribution < -0.4 is 10.1 Å². The van der Waals surface area contributed by atoms with Crippen LogP contribution in [0.3, 0.4) is 0 Å². The minimum Gasteiger partial charge on any atom is -0.497 e. The van der Waals surface area contributed by atoms with E-state index in [1.54, 1.807) is 12.1 Å². The highest BCUT2D eigenvalue weighted by Gasteiger charge is 2.08. The molecule has 0 aliphatic carbocycles. The Hall–Kier alpha value is -1.01. The fraction of sp³-hybridized carbons (Fsp3) is 0.167. The summed E-state index contributed by atoms with van der Waals surface area (Å²) in [6, 6.07) is 6.34. The van der Waals surface area contributed by atoms with E-state index in [4.69, 9.17) is 9.15 Å². The summed E-state index contributed by atoms with van der Waals surface area (Å²) >= 11 is 6.56. The second-order valence-corrected chi connectivity index (χ2v) is 5.11. The van der Waals surface area contributed by atoms with Gasteiger partial charge in [-0.25, -0.2) is 4.39 Å². The third-order valence-electron chi connectivity index (χ3n) is 2.32. The molecular formula is C12H10Br2FNO2. The highest BCUT2D eigenvalue weighted by Crippen LogP contribution is 2.28. The molecule has 1 aromatic heterocycles. The van der Waals surface area contributed by atoms with Gasteiger partial charge in [-0.05, 0) is 50.1 Å². The largest absolute Gasteiger partial charge is 0.497 e. The van der Waals surface area contributed by atoms with Crippen molar-refractivity contribution >= 4 is 37.5 Å². The zero-order valence-corrected chi connectivity index (χ0v) is 12.6. The molecule has 0 saturated heterocycles. The lowest BCUT2D eigenvalue weighted by molar-refractivity contribution is 0.414. The van der Waals surface area contributed by atoms with Gasteiger partial charge < -0.3 is 14.5 Å². The van der Waals surface area contributed by atoms with Crippen LogP contribution in [0.5, 0.6) is 5.75 Å². The summed E-state index contributed by atoms with van der Waals surface area (Å²) in [6.07, 6.45) is 0. The molecule has 1 heterocycles. The van der Waals surface area contributed by atoms with E-state index in [-0.39, 0.29) is 5.82 Å². The van der Waals surface area contributed by atoms with Gasteiger partial charge in [-0.2, -0.15) is 0 Å². The maximum absolute atomic E-state index is 13.5. The molecule has 1 N–H and O–H groups in total. The van der Waals surface area contributed by atoms with Gasteiger partial charge in [-0.1, -0.05) is 0 Å². The Kier molecular flexibility index (Phi) is 4.29. The van der Waals surface area contributed by atoms with Gasteiger partial charge in [0.1, 0.15) is 17.3 Å². The molecule has 18 heavy (non-hydrogen) atoms. The average Bonchev–Trinajstić information content (AvgIpc) is 2.68. The number of ether oxygens (including phenoxy) is 1. The minimum atomic E-state index is -0.333. The summed E-state index contributed by atoms with van der Waals surface area (Å²) in [5, 5.41) is 2.95. The first-order valence-electron chi connectivity index (χ1n) is 5.11. The van der Waals surface area contributed by atoms with Gasteiger partial charge in [0.25, 0.3) is 0 Å². The second kappa shape index (κ2) is 5.75. The van der Waals surface area contributed by atoms with Crippen molar-refractivity contribution in [1.82, 2.24) is 0 Å². The summed E-state index contributed by atoms with van der Waals surface area (Å²) in [6.45, 7) is 0.383. The van der Waals surface area contributed by atoms with E-state index < -0.39 is 0 Å². The zero-order valence-electron chi connectivity index (χ0n) is 9.47. The van der Waals surface area contributed by atoms with Crippen LogP contribution in [0.2, 0.25) is 0 Å². The monoisotopic (exact) mass is 377 g/mol. The van der Waals surface area contributed by atoms with Crippen LogP contribution in [0.25, 0.3) is 0 Å². The first-order chi connectivity index (χ1) is 8.60. The smallest absolute Gasteiger partial charge is 0.183 e. The summed E-state index contributed by atoms with van der Waals surface area (Å²) in [4.78, 5) is 0. The molecule has 3 nitrogen and oxygen atoms in total. The van der Waals surface area contributed by atoms with Crippen molar-refractivity contribution in [1.29, 1.82) is 0 Å². The van der Waals surface area contributed by atoms with Crippen molar-refractivity contribution in [2.75, 3.05) is 12.4 Å². The normalized spacial score (nSPS) is 10.4. The predicted octanol–water partition coefficient (Wildman–Crippen LogP) is 4.56. The molecule has 0 saturated carbocycles. The van der Waals surface area contributed by atoms with Crippen molar-refractivity contribution < 1.29 is 13.5 Å². The number of rotatable bonds is 4. The molecule has 1 aromatic carbocycles. The minimum absolute atomic E-state index is 0.333. The van der Waals surface area contributed by atoms with Crippen LogP contribution in [-0.2, 0) is 6.54 Å². The van der Waals surface area contributed by atoms with Crippen LogP contribution in [-0.4, -0.2) is 7.11 Å². The zero-order chi connectivity index (χ0) is 13.1. The van der Waals surface area contributed by atoms with E-state index in [1.807, 2.05) is 6.07 Å². The molecule has 0 atom stereocenters. The lowest BCUT2D eigenvalue weighted by Gasteiger charge is -2.07. The summed E-state index contributed by atoms with van der Waals surface area (Å²) in [5.74, 6) is 0.956. The molecular weight excluding hydrogens is 369 g/mol. The number of hydrogen-bond acceptors (Lipinski definition) is 3. The Labute approximate surface area is 121 Å². The Morgan fingerprint density at radius 2 is 2.11 bits per heavy atom. The van der Waals surface area contributed by atoms with Gasteiger partial charge in [-0.3, -0.25) is 0 Å². The molecule has 0 spiro atoms. The van der Waals surface area contributed by atoms with Gasteiger partial charge >= 0.3 is 0 Å². The first kappa shape index (κ1) is 13.4. The number of benzene rings is 1. The Bertz CT molecular complexity index is 538. The maximum atomic E-state index is 13.5. The fourth-order valence-electron chi connectivity index (χ4n) is 1.43. The highest BCUT2D eigenvalue weighted by molar-refractivity contribution is 9.13. The number of hydrogen-bond donors (Lipinski definition) is 1. The molecule has 0 aliphatic heterocycles. The number of furan rings is 1. The third-order valence-corrected chi connectivity index (χ3v) is 4.03. The van der Waals surface area contributed by atoms with Crippen molar-refractivity contribution in [2.24, 2.45) is 0 Å².